The summed E-state index contributed by atoms with van der Waals surface area (Å²) in [6, 6.07) is -0.114. The van der Waals surface area contributed by atoms with Crippen molar-refractivity contribution >= 4 is 5.97 Å². The number of rotatable bonds is 3. The zero-order valence-corrected chi connectivity index (χ0v) is 10.9. The Hall–Kier alpha value is -1.47. The third-order valence-corrected chi connectivity index (χ3v) is 3.61. The van der Waals surface area contributed by atoms with Gasteiger partial charge in [0.1, 0.15) is 24.8 Å². The number of hydrogen-bond acceptors (Lipinski definition) is 6. The predicted octanol–water partition coefficient (Wildman–Crippen LogP) is -0.317. The summed E-state index contributed by atoms with van der Waals surface area (Å²) in [6.45, 7) is 4.74. The van der Waals surface area contributed by atoms with Crippen LogP contribution in [-0.4, -0.2) is 63.6 Å². The molecule has 7 nitrogen and oxygen atoms in total. The largest absolute Gasteiger partial charge is 0.461 e. The van der Waals surface area contributed by atoms with Gasteiger partial charge in [0.25, 0.3) is 0 Å². The zero-order chi connectivity index (χ0) is 13.2. The van der Waals surface area contributed by atoms with E-state index in [2.05, 4.69) is 15.0 Å². The number of nitrogens with zero attached hydrogens (tertiary/aromatic N) is 4. The molecule has 0 radical (unpaired) electrons. The molecular weight excluding hydrogens is 248 g/mol. The quantitative estimate of drug-likeness (QED) is 0.699. The smallest absolute Gasteiger partial charge is 0.323 e. The zero-order valence-electron chi connectivity index (χ0n) is 10.9. The van der Waals surface area contributed by atoms with Gasteiger partial charge >= 0.3 is 5.97 Å². The Balaban J connectivity index is 1.60. The fourth-order valence-electron chi connectivity index (χ4n) is 2.71. The average Bonchev–Trinajstić information content (AvgIpc) is 2.99. The van der Waals surface area contributed by atoms with Crippen molar-refractivity contribution in [3.05, 3.63) is 12.7 Å². The molecule has 7 heteroatoms. The molecule has 0 amide bonds. The third-order valence-electron chi connectivity index (χ3n) is 3.61. The summed E-state index contributed by atoms with van der Waals surface area (Å²) in [4.78, 5) is 17.9. The molecule has 2 fully saturated rings. The van der Waals surface area contributed by atoms with Gasteiger partial charge in [0.15, 0.2) is 0 Å². The molecule has 1 aromatic heterocycles. The second kappa shape index (κ2) is 5.26. The first-order valence-electron chi connectivity index (χ1n) is 6.61. The fourth-order valence-corrected chi connectivity index (χ4v) is 2.71. The minimum atomic E-state index is -0.114. The van der Waals surface area contributed by atoms with Crippen LogP contribution in [0.25, 0.3) is 0 Å². The minimum Gasteiger partial charge on any atom is -0.461 e. The SMILES string of the molecule is C[C@@H]1C[C@H](N2CCO[C@@H](Cn3cncn3)C2)C(=O)O1. The molecule has 0 aromatic carbocycles. The molecule has 3 atom stereocenters. The summed E-state index contributed by atoms with van der Waals surface area (Å²) in [5, 5.41) is 4.08. The maximum Gasteiger partial charge on any atom is 0.323 e. The molecule has 19 heavy (non-hydrogen) atoms. The molecule has 104 valence electrons. The number of aromatic nitrogens is 3. The van der Waals surface area contributed by atoms with Crippen LogP contribution >= 0.6 is 0 Å². The van der Waals surface area contributed by atoms with Crippen LogP contribution in [-0.2, 0) is 20.8 Å². The minimum absolute atomic E-state index is 0.0223. The van der Waals surface area contributed by atoms with Crippen LogP contribution in [0.5, 0.6) is 0 Å². The molecule has 2 aliphatic heterocycles. The molecule has 1 aromatic rings. The molecular formula is C12H18N4O3. The van der Waals surface area contributed by atoms with Gasteiger partial charge in [-0.2, -0.15) is 5.10 Å². The highest BCUT2D eigenvalue weighted by molar-refractivity contribution is 5.78. The van der Waals surface area contributed by atoms with Gasteiger partial charge in [0.2, 0.25) is 0 Å². The van der Waals surface area contributed by atoms with Crippen molar-refractivity contribution in [2.75, 3.05) is 19.7 Å². The van der Waals surface area contributed by atoms with Crippen molar-refractivity contribution < 1.29 is 14.3 Å². The highest BCUT2D eigenvalue weighted by Gasteiger charge is 2.38. The van der Waals surface area contributed by atoms with E-state index in [4.69, 9.17) is 9.47 Å². The van der Waals surface area contributed by atoms with Gasteiger partial charge in [0, 0.05) is 19.5 Å². The summed E-state index contributed by atoms with van der Waals surface area (Å²) < 4.78 is 12.7. The Morgan fingerprint density at radius 2 is 2.42 bits per heavy atom. The van der Waals surface area contributed by atoms with E-state index in [9.17, 15) is 4.79 Å². The molecule has 0 N–H and O–H groups in total. The van der Waals surface area contributed by atoms with Gasteiger partial charge in [-0.15, -0.1) is 0 Å². The van der Waals surface area contributed by atoms with Gasteiger partial charge in [-0.05, 0) is 6.92 Å². The Labute approximate surface area is 111 Å². The molecule has 0 aliphatic carbocycles. The lowest BCUT2D eigenvalue weighted by atomic mass is 10.1. The molecule has 2 aliphatic rings. The van der Waals surface area contributed by atoms with Gasteiger partial charge in [0.05, 0.1) is 19.3 Å². The van der Waals surface area contributed by atoms with Crippen LogP contribution in [0, 0.1) is 0 Å². The third kappa shape index (κ3) is 2.76. The van der Waals surface area contributed by atoms with E-state index in [0.717, 1.165) is 19.5 Å². The summed E-state index contributed by atoms with van der Waals surface area (Å²) >= 11 is 0. The van der Waals surface area contributed by atoms with Crippen LogP contribution in [0.1, 0.15) is 13.3 Å². The Bertz CT molecular complexity index is 436. The number of cyclic esters (lactones) is 1. The first-order chi connectivity index (χ1) is 9.22. The van der Waals surface area contributed by atoms with Crippen LogP contribution in [0.15, 0.2) is 12.7 Å². The number of esters is 1. The second-order valence-electron chi connectivity index (χ2n) is 5.10. The molecule has 3 heterocycles. The van der Waals surface area contributed by atoms with Gasteiger partial charge < -0.3 is 9.47 Å². The van der Waals surface area contributed by atoms with Crippen molar-refractivity contribution in [3.63, 3.8) is 0 Å². The Morgan fingerprint density at radius 1 is 1.53 bits per heavy atom. The standard InChI is InChI=1S/C12H18N4O3/c1-9-4-11(12(17)19-9)15-2-3-18-10(5-15)6-16-8-13-7-14-16/h7-11H,2-6H2,1H3/t9-,10-,11+/m1/s1. The lowest BCUT2D eigenvalue weighted by molar-refractivity contribution is -0.147. The molecule has 0 saturated carbocycles. The van der Waals surface area contributed by atoms with Gasteiger partial charge in [-0.25, -0.2) is 4.98 Å². The molecule has 2 saturated heterocycles. The van der Waals surface area contributed by atoms with Crippen molar-refractivity contribution in [1.29, 1.82) is 0 Å². The first-order valence-corrected chi connectivity index (χ1v) is 6.61. The molecule has 0 spiro atoms. The van der Waals surface area contributed by atoms with Crippen molar-refractivity contribution in [2.24, 2.45) is 0 Å². The summed E-state index contributed by atoms with van der Waals surface area (Å²) in [5.41, 5.74) is 0. The Morgan fingerprint density at radius 3 is 3.11 bits per heavy atom. The van der Waals surface area contributed by atoms with E-state index < -0.39 is 0 Å². The Kier molecular flexibility index (Phi) is 3.48. The summed E-state index contributed by atoms with van der Waals surface area (Å²) in [5.74, 6) is -0.103. The van der Waals surface area contributed by atoms with E-state index in [0.29, 0.717) is 13.2 Å². The van der Waals surface area contributed by atoms with E-state index in [1.54, 1.807) is 11.0 Å². The van der Waals surface area contributed by atoms with Crippen LogP contribution in [0.2, 0.25) is 0 Å². The van der Waals surface area contributed by atoms with Crippen molar-refractivity contribution in [1.82, 2.24) is 19.7 Å². The first kappa shape index (κ1) is 12.6. The second-order valence-corrected chi connectivity index (χ2v) is 5.10. The monoisotopic (exact) mass is 266 g/mol. The van der Waals surface area contributed by atoms with Crippen LogP contribution < -0.4 is 0 Å². The molecule has 0 unspecified atom stereocenters. The van der Waals surface area contributed by atoms with Crippen LogP contribution in [0.4, 0.5) is 0 Å². The predicted molar refractivity (Wildman–Crippen MR) is 65.3 cm³/mol. The average molecular weight is 266 g/mol. The number of carbonyl (C=O) groups excluding carboxylic acids is 1. The highest BCUT2D eigenvalue weighted by Crippen LogP contribution is 2.22. The van der Waals surface area contributed by atoms with Gasteiger partial charge in [-0.3, -0.25) is 14.4 Å². The molecule has 3 rings (SSSR count). The summed E-state index contributed by atoms with van der Waals surface area (Å²) in [6.07, 6.45) is 4.02. The lowest BCUT2D eigenvalue weighted by Gasteiger charge is -2.35. The fraction of sp³-hybridized carbons (Fsp3) is 0.750. The summed E-state index contributed by atoms with van der Waals surface area (Å²) in [7, 11) is 0. The van der Waals surface area contributed by atoms with E-state index in [1.165, 1.54) is 6.33 Å². The van der Waals surface area contributed by atoms with Crippen molar-refractivity contribution in [2.45, 2.75) is 38.1 Å². The highest BCUT2D eigenvalue weighted by atomic mass is 16.6. The number of carbonyl (C=O) groups is 1. The van der Waals surface area contributed by atoms with E-state index in [-0.39, 0.29) is 24.2 Å². The van der Waals surface area contributed by atoms with E-state index >= 15 is 0 Å². The lowest BCUT2D eigenvalue weighted by Crippen LogP contribution is -2.50. The van der Waals surface area contributed by atoms with E-state index in [1.807, 2.05) is 6.92 Å². The van der Waals surface area contributed by atoms with Gasteiger partial charge in [-0.1, -0.05) is 0 Å². The molecule has 0 bridgehead atoms. The number of morpholine rings is 1. The number of ether oxygens (including phenoxy) is 2. The van der Waals surface area contributed by atoms with Crippen molar-refractivity contribution in [3.8, 4) is 0 Å². The normalized spacial score (nSPS) is 32.5. The maximum absolute atomic E-state index is 11.8. The van der Waals surface area contributed by atoms with Crippen LogP contribution in [0.3, 0.4) is 0 Å². The maximum atomic E-state index is 11.8. The topological polar surface area (TPSA) is 69.5 Å². The number of hydrogen-bond donors (Lipinski definition) is 0.